The number of ether oxygens (including phenoxy) is 3. The predicted octanol–water partition coefficient (Wildman–Crippen LogP) is 11.5. The largest absolute Gasteiger partial charge is 0.545 e. The molecule has 0 fully saturated rings. The fourth-order valence-electron chi connectivity index (χ4n) is 5.96. The standard InChI is InChI=1S/C52H87NO7/c1-5-6-7-8-9-10-11-12-13-14-15-16-17-18-19-20-21-22-23-24-25-26-27-28-29-30-31-32-33-34-35-36-37-38-39-40-41-42-43-44-50(55)59-47-49(54)48-60-52(51(56)57)58-46-45-53(2,3)4/h6-7,9-10,12-13,15-16,18-19,21-22,24-25,27-28,49,52,54H,5,8,11,14,17,20,23,26,29-48H2,1-4H3/b7-6-,10-9-,13-12-,16-15-,19-18-,22-21-,25-24-,28-27-. The lowest BCUT2D eigenvalue weighted by Gasteiger charge is -2.26. The average Bonchev–Trinajstić information content (AvgIpc) is 3.21. The second-order valence-electron chi connectivity index (χ2n) is 16.5. The molecule has 0 aromatic carbocycles. The van der Waals surface area contributed by atoms with Crippen LogP contribution in [0.25, 0.3) is 0 Å². The third-order valence-corrected chi connectivity index (χ3v) is 9.58. The Hall–Kier alpha value is -3.30. The molecule has 0 spiro atoms. The van der Waals surface area contributed by atoms with Gasteiger partial charge in [0.2, 0.25) is 0 Å². The van der Waals surface area contributed by atoms with Crippen LogP contribution >= 0.6 is 0 Å². The highest BCUT2D eigenvalue weighted by atomic mass is 16.7. The highest BCUT2D eigenvalue weighted by Crippen LogP contribution is 2.14. The molecule has 342 valence electrons. The van der Waals surface area contributed by atoms with Crippen molar-refractivity contribution < 1.29 is 38.5 Å². The van der Waals surface area contributed by atoms with Crippen molar-refractivity contribution in [3.05, 3.63) is 97.2 Å². The van der Waals surface area contributed by atoms with Gasteiger partial charge in [-0.1, -0.05) is 181 Å². The van der Waals surface area contributed by atoms with Crippen LogP contribution in [0.2, 0.25) is 0 Å². The number of aliphatic hydroxyl groups excluding tert-OH is 1. The number of unbranched alkanes of at least 4 members (excludes halogenated alkanes) is 14. The van der Waals surface area contributed by atoms with Crippen LogP contribution in [0.4, 0.5) is 0 Å². The van der Waals surface area contributed by atoms with Crippen molar-refractivity contribution in [2.75, 3.05) is 47.5 Å². The van der Waals surface area contributed by atoms with E-state index in [1.165, 1.54) is 77.0 Å². The predicted molar refractivity (Wildman–Crippen MR) is 250 cm³/mol. The van der Waals surface area contributed by atoms with Crippen molar-refractivity contribution in [2.45, 2.75) is 173 Å². The first-order valence-corrected chi connectivity index (χ1v) is 23.4. The summed E-state index contributed by atoms with van der Waals surface area (Å²) in [6.45, 7) is 2.33. The number of carboxylic acids is 1. The number of carbonyl (C=O) groups is 2. The minimum Gasteiger partial charge on any atom is -0.545 e. The number of nitrogens with zero attached hydrogens (tertiary/aromatic N) is 1. The van der Waals surface area contributed by atoms with Gasteiger partial charge in [-0.15, -0.1) is 0 Å². The van der Waals surface area contributed by atoms with Crippen molar-refractivity contribution in [1.29, 1.82) is 0 Å². The third-order valence-electron chi connectivity index (χ3n) is 9.58. The molecule has 2 atom stereocenters. The van der Waals surface area contributed by atoms with E-state index in [-0.39, 0.29) is 25.8 Å². The number of esters is 1. The van der Waals surface area contributed by atoms with Crippen molar-refractivity contribution >= 4 is 11.9 Å². The summed E-state index contributed by atoms with van der Waals surface area (Å²) in [5.74, 6) is -1.88. The Morgan fingerprint density at radius 3 is 1.27 bits per heavy atom. The molecule has 0 aromatic rings. The fourth-order valence-corrected chi connectivity index (χ4v) is 5.96. The maximum absolute atomic E-state index is 12.0. The summed E-state index contributed by atoms with van der Waals surface area (Å²) in [5.41, 5.74) is 0. The summed E-state index contributed by atoms with van der Waals surface area (Å²) in [6, 6.07) is 0. The third kappa shape index (κ3) is 45.8. The number of carbonyl (C=O) groups excluding carboxylic acids is 2. The van der Waals surface area contributed by atoms with Crippen LogP contribution in [0.5, 0.6) is 0 Å². The van der Waals surface area contributed by atoms with Gasteiger partial charge in [-0.2, -0.15) is 0 Å². The zero-order valence-corrected chi connectivity index (χ0v) is 38.5. The Kier molecular flexibility index (Phi) is 41.4. The van der Waals surface area contributed by atoms with Gasteiger partial charge >= 0.3 is 5.97 Å². The molecule has 1 N–H and O–H groups in total. The number of aliphatic carboxylic acids is 1. The molecule has 0 saturated carbocycles. The SMILES string of the molecule is CC/C=C\C/C=C\C/C=C\C/C=C\C/C=C\C/C=C\C/C=C\C/C=C\CCCCCCCCCCCCCCCCC(=O)OCC(O)COC(OCC[N+](C)(C)C)C(=O)[O-]. The van der Waals surface area contributed by atoms with Gasteiger partial charge < -0.3 is 33.7 Å². The monoisotopic (exact) mass is 838 g/mol. The van der Waals surface area contributed by atoms with E-state index in [4.69, 9.17) is 14.2 Å². The van der Waals surface area contributed by atoms with Gasteiger partial charge in [0, 0.05) is 6.42 Å². The molecule has 0 radical (unpaired) electrons. The van der Waals surface area contributed by atoms with E-state index in [1.54, 1.807) is 0 Å². The van der Waals surface area contributed by atoms with E-state index in [2.05, 4.69) is 104 Å². The van der Waals surface area contributed by atoms with Gasteiger partial charge in [-0.25, -0.2) is 0 Å². The van der Waals surface area contributed by atoms with E-state index in [1.807, 2.05) is 21.1 Å². The van der Waals surface area contributed by atoms with E-state index >= 15 is 0 Å². The molecule has 0 aliphatic heterocycles. The van der Waals surface area contributed by atoms with E-state index in [0.29, 0.717) is 17.4 Å². The fraction of sp³-hybridized carbons (Fsp3) is 0.654. The Bertz CT molecular complexity index is 1240. The molecule has 0 rings (SSSR count). The first-order chi connectivity index (χ1) is 29.2. The molecule has 0 amide bonds. The Morgan fingerprint density at radius 2 is 0.883 bits per heavy atom. The minimum absolute atomic E-state index is 0.167. The summed E-state index contributed by atoms with van der Waals surface area (Å²) >= 11 is 0. The number of hydrogen-bond acceptors (Lipinski definition) is 7. The first kappa shape index (κ1) is 56.7. The van der Waals surface area contributed by atoms with Crippen molar-refractivity contribution in [3.8, 4) is 0 Å². The highest BCUT2D eigenvalue weighted by molar-refractivity contribution is 5.69. The number of rotatable bonds is 42. The number of quaternary nitrogens is 1. The van der Waals surface area contributed by atoms with Crippen molar-refractivity contribution in [3.63, 3.8) is 0 Å². The number of allylic oxidation sites excluding steroid dienone is 16. The van der Waals surface area contributed by atoms with Gasteiger partial charge in [-0.3, -0.25) is 4.79 Å². The van der Waals surface area contributed by atoms with E-state index < -0.39 is 18.4 Å². The van der Waals surface area contributed by atoms with Gasteiger partial charge in [0.15, 0.2) is 6.29 Å². The molecular formula is C52H87NO7. The summed E-state index contributed by atoms with van der Waals surface area (Å²) < 4.78 is 16.0. The minimum atomic E-state index is -1.58. The molecule has 0 heterocycles. The van der Waals surface area contributed by atoms with Gasteiger partial charge in [0.05, 0.1) is 40.3 Å². The van der Waals surface area contributed by atoms with Crippen LogP contribution < -0.4 is 5.11 Å². The van der Waals surface area contributed by atoms with Crippen LogP contribution in [0.3, 0.4) is 0 Å². The van der Waals surface area contributed by atoms with Gasteiger partial charge in [0.25, 0.3) is 0 Å². The number of hydrogen-bond donors (Lipinski definition) is 1. The summed E-state index contributed by atoms with van der Waals surface area (Å²) in [5, 5.41) is 21.2. The molecule has 0 aliphatic carbocycles. The second kappa shape index (κ2) is 43.8. The maximum atomic E-state index is 12.0. The van der Waals surface area contributed by atoms with Crippen LogP contribution in [0, 0.1) is 0 Å². The maximum Gasteiger partial charge on any atom is 0.305 e. The topological polar surface area (TPSA) is 105 Å². The molecule has 2 unspecified atom stereocenters. The molecule has 0 saturated heterocycles. The van der Waals surface area contributed by atoms with Crippen LogP contribution in [0.15, 0.2) is 97.2 Å². The molecule has 60 heavy (non-hydrogen) atoms. The molecule has 0 aromatic heterocycles. The Morgan fingerprint density at radius 1 is 0.517 bits per heavy atom. The number of likely N-dealkylation sites (N-methyl/N-ethyl adjacent to an activating group) is 1. The van der Waals surface area contributed by atoms with Crippen LogP contribution in [-0.2, 0) is 23.8 Å². The normalized spacial score (nSPS) is 13.9. The molecule has 0 bridgehead atoms. The second-order valence-corrected chi connectivity index (χ2v) is 16.5. The Labute approximate surface area is 367 Å². The van der Waals surface area contributed by atoms with Crippen molar-refractivity contribution in [1.82, 2.24) is 0 Å². The number of aliphatic hydroxyl groups is 1. The van der Waals surface area contributed by atoms with Gasteiger partial charge in [-0.05, 0) is 70.6 Å². The lowest BCUT2D eigenvalue weighted by molar-refractivity contribution is -0.870. The summed E-state index contributed by atoms with van der Waals surface area (Å²) in [7, 11) is 5.87. The van der Waals surface area contributed by atoms with E-state index in [9.17, 15) is 19.8 Å². The van der Waals surface area contributed by atoms with E-state index in [0.717, 1.165) is 70.6 Å². The molecule has 8 heteroatoms. The summed E-state index contributed by atoms with van der Waals surface area (Å²) in [6.07, 6.45) is 60.2. The first-order valence-electron chi connectivity index (χ1n) is 23.4. The van der Waals surface area contributed by atoms with Crippen LogP contribution in [0.1, 0.15) is 161 Å². The smallest absolute Gasteiger partial charge is 0.305 e. The molecular weight excluding hydrogens is 751 g/mol. The zero-order chi connectivity index (χ0) is 44.0. The van der Waals surface area contributed by atoms with Crippen molar-refractivity contribution in [2.24, 2.45) is 0 Å². The average molecular weight is 838 g/mol. The number of carboxylic acid groups (broad SMARTS) is 1. The lowest BCUT2D eigenvalue weighted by atomic mass is 10.0. The lowest BCUT2D eigenvalue weighted by Crippen LogP contribution is -2.44. The highest BCUT2D eigenvalue weighted by Gasteiger charge is 2.17. The summed E-state index contributed by atoms with van der Waals surface area (Å²) in [4.78, 5) is 23.2. The molecule has 8 nitrogen and oxygen atoms in total. The van der Waals surface area contributed by atoms with Crippen LogP contribution in [-0.4, -0.2) is 81.4 Å². The van der Waals surface area contributed by atoms with Gasteiger partial charge in [0.1, 0.15) is 19.3 Å². The Balaban J connectivity index is 3.52. The molecule has 0 aliphatic rings. The zero-order valence-electron chi connectivity index (χ0n) is 38.5. The quantitative estimate of drug-likeness (QED) is 0.0215.